The lowest BCUT2D eigenvalue weighted by atomic mass is 10.5. The van der Waals surface area contributed by atoms with Gasteiger partial charge in [-0.3, -0.25) is 0 Å². The molecule has 1 aliphatic rings. The lowest BCUT2D eigenvalue weighted by Crippen LogP contribution is -1.90. The van der Waals surface area contributed by atoms with Crippen molar-refractivity contribution >= 4 is 10.7 Å². The molecule has 0 saturated carbocycles. The van der Waals surface area contributed by atoms with Crippen molar-refractivity contribution in [3.8, 4) is 6.19 Å². The van der Waals surface area contributed by atoms with E-state index in [4.69, 9.17) is 5.26 Å². The Bertz CT molecular complexity index is 220. The average molecular weight is 138 g/mol. The van der Waals surface area contributed by atoms with E-state index >= 15 is 0 Å². The van der Waals surface area contributed by atoms with Crippen molar-refractivity contribution in [1.29, 1.82) is 5.26 Å². The Kier molecular flexibility index (Phi) is 2.22. The molecule has 0 radical (unpaired) electrons. The Morgan fingerprint density at radius 1 is 1.56 bits per heavy atom. The van der Waals surface area contributed by atoms with Crippen LogP contribution < -0.4 is 0 Å². The third-order valence-electron chi connectivity index (χ3n) is 0.908. The smallest absolute Gasteiger partial charge is 0.170 e. The van der Waals surface area contributed by atoms with Gasteiger partial charge in [-0.1, -0.05) is 28.9 Å². The Labute approximate surface area is 56.6 Å². The van der Waals surface area contributed by atoms with Crippen LogP contribution >= 0.6 is 0 Å². The zero-order chi connectivity index (χ0) is 6.53. The highest BCUT2D eigenvalue weighted by Gasteiger charge is 1.89. The summed E-state index contributed by atoms with van der Waals surface area (Å²) in [5, 5.41) is 10.1. The molecule has 46 valence electrons. The van der Waals surface area contributed by atoms with Crippen LogP contribution in [-0.2, 0) is 10.7 Å². The number of nitrogens with zero attached hydrogens (tertiary/aromatic N) is 2. The van der Waals surface area contributed by atoms with Gasteiger partial charge in [-0.05, 0) is 5.41 Å². The molecule has 0 fully saturated rings. The van der Waals surface area contributed by atoms with Gasteiger partial charge >= 0.3 is 0 Å². The van der Waals surface area contributed by atoms with Crippen LogP contribution in [0.25, 0.3) is 0 Å². The summed E-state index contributed by atoms with van der Waals surface area (Å²) in [6.07, 6.45) is 7.70. The van der Waals surface area contributed by atoms with Crippen LogP contribution in [0.3, 0.4) is 0 Å². The quantitative estimate of drug-likeness (QED) is 0.465. The molecule has 0 N–H and O–H groups in total. The standard InChI is InChI=1S/C6H6N2S/c7-6-8-9-4-2-1-3-5-9/h1-4H,5H2. The molecular formula is C6H6N2S. The first-order chi connectivity index (χ1) is 4.43. The molecule has 0 saturated heterocycles. The minimum absolute atomic E-state index is 0.148. The summed E-state index contributed by atoms with van der Waals surface area (Å²) in [7, 11) is -0.148. The van der Waals surface area contributed by atoms with Gasteiger partial charge in [-0.2, -0.15) is 5.26 Å². The second kappa shape index (κ2) is 3.21. The third kappa shape index (κ3) is 1.82. The number of hydrogen-bond acceptors (Lipinski definition) is 2. The Morgan fingerprint density at radius 2 is 2.44 bits per heavy atom. The van der Waals surface area contributed by atoms with E-state index < -0.39 is 0 Å². The molecule has 1 heterocycles. The highest BCUT2D eigenvalue weighted by molar-refractivity contribution is 7.90. The molecule has 9 heavy (non-hydrogen) atoms. The van der Waals surface area contributed by atoms with Crippen LogP contribution in [0.5, 0.6) is 0 Å². The molecule has 1 unspecified atom stereocenters. The van der Waals surface area contributed by atoms with Gasteiger partial charge in [0.1, 0.15) is 0 Å². The zero-order valence-corrected chi connectivity index (χ0v) is 5.64. The maximum atomic E-state index is 8.15. The molecule has 0 aromatic rings. The number of nitriles is 1. The van der Waals surface area contributed by atoms with Crippen LogP contribution in [-0.4, -0.2) is 5.75 Å². The average Bonchev–Trinajstić information content (AvgIpc) is 1.91. The van der Waals surface area contributed by atoms with E-state index in [2.05, 4.69) is 4.36 Å². The van der Waals surface area contributed by atoms with E-state index in [1.54, 1.807) is 6.19 Å². The molecule has 1 aliphatic heterocycles. The minimum atomic E-state index is -0.148. The van der Waals surface area contributed by atoms with E-state index in [9.17, 15) is 0 Å². The molecule has 0 amide bonds. The van der Waals surface area contributed by atoms with Gasteiger partial charge in [-0.25, -0.2) is 0 Å². The second-order valence-corrected chi connectivity index (χ2v) is 3.11. The van der Waals surface area contributed by atoms with Crippen LogP contribution in [0.15, 0.2) is 28.0 Å². The van der Waals surface area contributed by atoms with Crippen LogP contribution in [0.4, 0.5) is 0 Å². The molecule has 0 aliphatic carbocycles. The first-order valence-corrected chi connectivity index (χ1v) is 3.98. The fourth-order valence-corrected chi connectivity index (χ4v) is 1.48. The summed E-state index contributed by atoms with van der Waals surface area (Å²) < 4.78 is 3.68. The van der Waals surface area contributed by atoms with E-state index in [1.165, 1.54) is 0 Å². The van der Waals surface area contributed by atoms with Gasteiger partial charge in [0, 0.05) is 5.75 Å². The maximum absolute atomic E-state index is 8.15. The normalized spacial score (nSPS) is 24.1. The van der Waals surface area contributed by atoms with Crippen LogP contribution in [0.1, 0.15) is 0 Å². The van der Waals surface area contributed by atoms with E-state index in [0.717, 1.165) is 5.75 Å². The molecule has 1 rings (SSSR count). The molecule has 2 nitrogen and oxygen atoms in total. The Morgan fingerprint density at radius 3 is 3.00 bits per heavy atom. The summed E-state index contributed by atoms with van der Waals surface area (Å²) in [4.78, 5) is 0. The van der Waals surface area contributed by atoms with Gasteiger partial charge in [0.15, 0.2) is 0 Å². The number of rotatable bonds is 0. The number of hydrogen-bond donors (Lipinski definition) is 0. The fraction of sp³-hybridized carbons (Fsp3) is 0.167. The van der Waals surface area contributed by atoms with Crippen molar-refractivity contribution in [2.24, 2.45) is 4.36 Å². The first-order valence-electron chi connectivity index (χ1n) is 2.56. The molecule has 3 heteroatoms. The third-order valence-corrected chi connectivity index (χ3v) is 2.23. The van der Waals surface area contributed by atoms with Gasteiger partial charge < -0.3 is 0 Å². The lowest BCUT2D eigenvalue weighted by Gasteiger charge is -1.96. The largest absolute Gasteiger partial charge is 0.212 e. The molecule has 1 atom stereocenters. The van der Waals surface area contributed by atoms with E-state index in [1.807, 2.05) is 23.6 Å². The maximum Gasteiger partial charge on any atom is 0.212 e. The van der Waals surface area contributed by atoms with E-state index in [0.29, 0.717) is 0 Å². The molecule has 0 aromatic heterocycles. The number of allylic oxidation sites excluding steroid dienone is 2. The highest BCUT2D eigenvalue weighted by Crippen LogP contribution is 1.98. The van der Waals surface area contributed by atoms with Crippen molar-refractivity contribution in [2.75, 3.05) is 5.75 Å². The van der Waals surface area contributed by atoms with Gasteiger partial charge in [0.25, 0.3) is 0 Å². The summed E-state index contributed by atoms with van der Waals surface area (Å²) >= 11 is 0. The summed E-state index contributed by atoms with van der Waals surface area (Å²) in [5.74, 6) is 0.893. The monoisotopic (exact) mass is 138 g/mol. The van der Waals surface area contributed by atoms with Crippen molar-refractivity contribution in [2.45, 2.75) is 0 Å². The predicted octanol–water partition coefficient (Wildman–Crippen LogP) is 1.35. The lowest BCUT2D eigenvalue weighted by molar-refractivity contribution is 1.46. The molecule has 0 spiro atoms. The van der Waals surface area contributed by atoms with Crippen molar-refractivity contribution < 1.29 is 0 Å². The summed E-state index contributed by atoms with van der Waals surface area (Å²) in [6.45, 7) is 0. The van der Waals surface area contributed by atoms with Gasteiger partial charge in [0.05, 0.1) is 0 Å². The highest BCUT2D eigenvalue weighted by atomic mass is 32.2. The topological polar surface area (TPSA) is 36.1 Å². The summed E-state index contributed by atoms with van der Waals surface area (Å²) in [6, 6.07) is 0. The minimum Gasteiger partial charge on any atom is -0.170 e. The van der Waals surface area contributed by atoms with Crippen molar-refractivity contribution in [1.82, 2.24) is 0 Å². The fourth-order valence-electron chi connectivity index (χ4n) is 0.544. The second-order valence-electron chi connectivity index (χ2n) is 1.52. The van der Waals surface area contributed by atoms with Gasteiger partial charge in [0.2, 0.25) is 6.19 Å². The molecular weight excluding hydrogens is 132 g/mol. The van der Waals surface area contributed by atoms with Crippen LogP contribution in [0.2, 0.25) is 0 Å². The SMILES string of the molecule is N#C/N=S1/C=CC=CC1. The summed E-state index contributed by atoms with van der Waals surface area (Å²) in [5.41, 5.74) is 0. The Hall–Kier alpha value is -0.880. The molecule has 0 bridgehead atoms. The molecule has 0 aromatic carbocycles. The first kappa shape index (κ1) is 6.24. The van der Waals surface area contributed by atoms with E-state index in [-0.39, 0.29) is 10.7 Å². The van der Waals surface area contributed by atoms with Crippen molar-refractivity contribution in [3.63, 3.8) is 0 Å². The van der Waals surface area contributed by atoms with Crippen LogP contribution in [0, 0.1) is 11.5 Å². The van der Waals surface area contributed by atoms with Gasteiger partial charge in [-0.15, -0.1) is 4.36 Å². The predicted molar refractivity (Wildman–Crippen MR) is 38.6 cm³/mol. The Balaban J connectivity index is 2.69. The zero-order valence-electron chi connectivity index (χ0n) is 4.82. The van der Waals surface area contributed by atoms with Crippen molar-refractivity contribution in [3.05, 3.63) is 23.6 Å².